The van der Waals surface area contributed by atoms with Crippen molar-refractivity contribution < 1.29 is 9.18 Å². The van der Waals surface area contributed by atoms with E-state index in [1.165, 1.54) is 6.07 Å². The minimum Gasteiger partial charge on any atom is -0.323 e. The molecule has 0 fully saturated rings. The normalized spacial score (nSPS) is 14.1. The molecule has 0 saturated heterocycles. The molecule has 100 valence electrons. The van der Waals surface area contributed by atoms with Crippen LogP contribution in [0.5, 0.6) is 0 Å². The molecule has 1 aromatic carbocycles. The number of nitrogens with one attached hydrogen (secondary N) is 1. The number of hydrogen-bond donors (Lipinski definition) is 1. The van der Waals surface area contributed by atoms with Crippen LogP contribution in [0.25, 0.3) is 0 Å². The lowest BCUT2D eigenvalue weighted by molar-refractivity contribution is -0.114. The second-order valence-corrected chi connectivity index (χ2v) is 4.61. The van der Waals surface area contributed by atoms with Gasteiger partial charge in [-0.3, -0.25) is 9.79 Å². The van der Waals surface area contributed by atoms with E-state index in [2.05, 4.69) is 15.3 Å². The summed E-state index contributed by atoms with van der Waals surface area (Å²) in [4.78, 5) is 19.9. The summed E-state index contributed by atoms with van der Waals surface area (Å²) in [6, 6.07) is 9.41. The van der Waals surface area contributed by atoms with Gasteiger partial charge < -0.3 is 5.32 Å². The van der Waals surface area contributed by atoms with Crippen molar-refractivity contribution >= 4 is 28.9 Å². The van der Waals surface area contributed by atoms with Crippen LogP contribution in [-0.2, 0) is 4.79 Å². The fourth-order valence-corrected chi connectivity index (χ4v) is 2.15. The first-order valence-corrected chi connectivity index (χ1v) is 6.29. The van der Waals surface area contributed by atoms with Crippen LogP contribution in [0.2, 0.25) is 5.15 Å². The Morgan fingerprint density at radius 2 is 2.00 bits per heavy atom. The quantitative estimate of drug-likeness (QED) is 0.821. The zero-order chi connectivity index (χ0) is 14.1. The van der Waals surface area contributed by atoms with E-state index in [9.17, 15) is 9.18 Å². The number of carbonyl (C=O) groups is 1. The largest absolute Gasteiger partial charge is 0.323 e. The molecule has 0 atom stereocenters. The molecule has 2 heterocycles. The second kappa shape index (κ2) is 5.02. The van der Waals surface area contributed by atoms with Gasteiger partial charge in [-0.15, -0.1) is 0 Å². The lowest BCUT2D eigenvalue weighted by Crippen LogP contribution is -2.13. The summed E-state index contributed by atoms with van der Waals surface area (Å²) in [5.41, 5.74) is 1.45. The Morgan fingerprint density at radius 3 is 2.80 bits per heavy atom. The zero-order valence-electron chi connectivity index (χ0n) is 10.2. The first-order valence-electron chi connectivity index (χ1n) is 5.91. The van der Waals surface area contributed by atoms with Crippen LogP contribution in [0.4, 0.5) is 10.1 Å². The van der Waals surface area contributed by atoms with Crippen molar-refractivity contribution in [1.82, 2.24) is 4.98 Å². The summed E-state index contributed by atoms with van der Waals surface area (Å²) < 4.78 is 14.0. The van der Waals surface area contributed by atoms with Crippen LogP contribution in [-0.4, -0.2) is 23.1 Å². The van der Waals surface area contributed by atoms with Crippen LogP contribution in [0, 0.1) is 5.82 Å². The summed E-state index contributed by atoms with van der Waals surface area (Å²) in [6.45, 7) is -0.0857. The molecule has 0 unspecified atom stereocenters. The van der Waals surface area contributed by atoms with E-state index in [1.807, 2.05) is 0 Å². The molecule has 3 rings (SSSR count). The van der Waals surface area contributed by atoms with E-state index in [4.69, 9.17) is 11.6 Å². The van der Waals surface area contributed by atoms with Crippen molar-refractivity contribution in [3.63, 3.8) is 0 Å². The number of anilines is 1. The predicted octanol–water partition coefficient (Wildman–Crippen LogP) is 2.66. The van der Waals surface area contributed by atoms with Crippen molar-refractivity contribution in [2.24, 2.45) is 4.99 Å². The molecule has 4 nitrogen and oxygen atoms in total. The molecule has 0 saturated carbocycles. The van der Waals surface area contributed by atoms with Crippen LogP contribution >= 0.6 is 11.6 Å². The number of pyridine rings is 1. The summed E-state index contributed by atoms with van der Waals surface area (Å²) in [6.07, 6.45) is 0. The molecule has 20 heavy (non-hydrogen) atoms. The number of halogens is 2. The number of hydrogen-bond acceptors (Lipinski definition) is 3. The van der Waals surface area contributed by atoms with Crippen molar-refractivity contribution in [2.75, 3.05) is 11.9 Å². The van der Waals surface area contributed by atoms with Crippen molar-refractivity contribution in [3.05, 3.63) is 58.6 Å². The maximum absolute atomic E-state index is 14.0. The Hall–Kier alpha value is -2.27. The van der Waals surface area contributed by atoms with Crippen LogP contribution < -0.4 is 5.32 Å². The van der Waals surface area contributed by atoms with Crippen molar-refractivity contribution in [2.45, 2.75) is 0 Å². The van der Waals surface area contributed by atoms with Crippen molar-refractivity contribution in [3.8, 4) is 0 Å². The minimum absolute atomic E-state index is 0.0857. The minimum atomic E-state index is -0.423. The molecule has 0 spiro atoms. The Kier molecular flexibility index (Phi) is 3.20. The number of aliphatic imine (C=N–C) groups is 1. The molecule has 1 aliphatic heterocycles. The second-order valence-electron chi connectivity index (χ2n) is 4.22. The van der Waals surface area contributed by atoms with Gasteiger partial charge in [0.15, 0.2) is 0 Å². The maximum atomic E-state index is 14.0. The average Bonchev–Trinajstić information content (AvgIpc) is 2.58. The van der Waals surface area contributed by atoms with Gasteiger partial charge in [0, 0.05) is 5.56 Å². The topological polar surface area (TPSA) is 54.4 Å². The number of carbonyl (C=O) groups excluding carboxylic acids is 1. The zero-order valence-corrected chi connectivity index (χ0v) is 11.0. The number of rotatable bonds is 1. The summed E-state index contributed by atoms with van der Waals surface area (Å²) >= 11 is 5.89. The van der Waals surface area contributed by atoms with Crippen LogP contribution in [0.3, 0.4) is 0 Å². The third-order valence-corrected chi connectivity index (χ3v) is 3.08. The van der Waals surface area contributed by atoms with E-state index in [0.29, 0.717) is 22.7 Å². The molecule has 1 N–H and O–H groups in total. The monoisotopic (exact) mass is 289 g/mol. The van der Waals surface area contributed by atoms with Gasteiger partial charge >= 0.3 is 0 Å². The lowest BCUT2D eigenvalue weighted by Gasteiger charge is -2.09. The predicted molar refractivity (Wildman–Crippen MR) is 74.8 cm³/mol. The highest BCUT2D eigenvalue weighted by atomic mass is 35.5. The van der Waals surface area contributed by atoms with Gasteiger partial charge in [0.05, 0.1) is 11.4 Å². The molecule has 0 aliphatic carbocycles. The maximum Gasteiger partial charge on any atom is 0.246 e. The molecule has 1 amide bonds. The Bertz CT molecular complexity index is 730. The van der Waals surface area contributed by atoms with Crippen LogP contribution in [0.1, 0.15) is 11.3 Å². The van der Waals surface area contributed by atoms with E-state index < -0.39 is 5.82 Å². The van der Waals surface area contributed by atoms with E-state index in [1.54, 1.807) is 30.3 Å². The lowest BCUT2D eigenvalue weighted by atomic mass is 10.0. The summed E-state index contributed by atoms with van der Waals surface area (Å²) in [5, 5.41) is 2.93. The van der Waals surface area contributed by atoms with Crippen LogP contribution in [0.15, 0.2) is 41.4 Å². The molecule has 1 aromatic heterocycles. The molecule has 0 bridgehead atoms. The van der Waals surface area contributed by atoms with Crippen molar-refractivity contribution in [1.29, 1.82) is 0 Å². The number of benzene rings is 1. The van der Waals surface area contributed by atoms with Gasteiger partial charge in [-0.1, -0.05) is 23.7 Å². The van der Waals surface area contributed by atoms with Gasteiger partial charge in [-0.25, -0.2) is 9.37 Å². The molecule has 1 aliphatic rings. The van der Waals surface area contributed by atoms with Gasteiger partial charge in [0.25, 0.3) is 0 Å². The van der Waals surface area contributed by atoms with E-state index in [0.717, 1.165) is 0 Å². The fraction of sp³-hybridized carbons (Fsp3) is 0.0714. The highest BCUT2D eigenvalue weighted by molar-refractivity contribution is 6.30. The average molecular weight is 290 g/mol. The highest BCUT2D eigenvalue weighted by Crippen LogP contribution is 2.24. The first kappa shape index (κ1) is 12.7. The smallest absolute Gasteiger partial charge is 0.246 e. The molecular formula is C14H9ClFN3O. The third-order valence-electron chi connectivity index (χ3n) is 2.87. The molecule has 0 radical (unpaired) electrons. The van der Waals surface area contributed by atoms with E-state index in [-0.39, 0.29) is 17.6 Å². The Morgan fingerprint density at radius 1 is 1.20 bits per heavy atom. The summed E-state index contributed by atoms with van der Waals surface area (Å²) in [7, 11) is 0. The third kappa shape index (κ3) is 2.28. The fourth-order valence-electron chi connectivity index (χ4n) is 2.00. The molecule has 6 heteroatoms. The number of amides is 1. The Labute approximate surface area is 119 Å². The van der Waals surface area contributed by atoms with Gasteiger partial charge in [0.1, 0.15) is 23.2 Å². The highest BCUT2D eigenvalue weighted by Gasteiger charge is 2.21. The first-order chi connectivity index (χ1) is 9.65. The van der Waals surface area contributed by atoms with Gasteiger partial charge in [-0.05, 0) is 24.3 Å². The summed E-state index contributed by atoms with van der Waals surface area (Å²) in [5.74, 6) is -0.699. The standard InChI is InChI=1S/C14H9ClFN3O/c15-11-6-5-10-14(19-11)13(17-7-12(20)18-10)8-3-1-2-4-9(8)16/h1-6H,7H2,(H,18,20). The SMILES string of the molecule is O=C1CN=C(c2ccccc2F)c2nc(Cl)ccc2N1. The number of nitrogens with zero attached hydrogens (tertiary/aromatic N) is 2. The van der Waals surface area contributed by atoms with E-state index >= 15 is 0 Å². The van der Waals surface area contributed by atoms with Gasteiger partial charge in [-0.2, -0.15) is 0 Å². The number of fused-ring (bicyclic) bond motifs is 1. The Balaban J connectivity index is 2.23. The van der Waals surface area contributed by atoms with Gasteiger partial charge in [0.2, 0.25) is 5.91 Å². The molecule has 2 aromatic rings. The number of aromatic nitrogens is 1. The molecular weight excluding hydrogens is 281 g/mol.